The van der Waals surface area contributed by atoms with E-state index in [2.05, 4.69) is 5.32 Å². The summed E-state index contributed by atoms with van der Waals surface area (Å²) >= 11 is 11.7. The van der Waals surface area contributed by atoms with Gasteiger partial charge in [0.1, 0.15) is 0 Å². The van der Waals surface area contributed by atoms with Crippen molar-refractivity contribution < 1.29 is 23.1 Å². The van der Waals surface area contributed by atoms with Crippen LogP contribution in [0.3, 0.4) is 0 Å². The Balaban J connectivity index is 1.96. The number of benzene rings is 2. The summed E-state index contributed by atoms with van der Waals surface area (Å²) in [5.74, 6) is -3.75. The largest absolute Gasteiger partial charge is 0.452 e. The molecule has 0 aromatic heterocycles. The minimum atomic E-state index is -1.11. The minimum Gasteiger partial charge on any atom is -0.452 e. The maximum Gasteiger partial charge on any atom is 0.341 e. The quantitative estimate of drug-likeness (QED) is 0.837. The molecule has 1 amide bonds. The number of esters is 1. The predicted octanol–water partition coefficient (Wildman–Crippen LogP) is 4.07. The van der Waals surface area contributed by atoms with Crippen LogP contribution in [0.4, 0.5) is 14.5 Å². The van der Waals surface area contributed by atoms with Crippen molar-refractivity contribution in [2.24, 2.45) is 0 Å². The first kappa shape index (κ1) is 17.2. The summed E-state index contributed by atoms with van der Waals surface area (Å²) < 4.78 is 30.6. The van der Waals surface area contributed by atoms with Crippen LogP contribution in [0.5, 0.6) is 0 Å². The van der Waals surface area contributed by atoms with Gasteiger partial charge < -0.3 is 10.1 Å². The Kier molecular flexibility index (Phi) is 5.52. The molecule has 2 aromatic carbocycles. The van der Waals surface area contributed by atoms with Crippen LogP contribution in [0.25, 0.3) is 0 Å². The van der Waals surface area contributed by atoms with E-state index in [4.69, 9.17) is 27.9 Å². The molecular formula is C15H9Cl2F2NO3. The van der Waals surface area contributed by atoms with Gasteiger partial charge in [-0.15, -0.1) is 0 Å². The number of carbonyl (C=O) groups excluding carboxylic acids is 2. The molecule has 0 saturated heterocycles. The molecule has 0 spiro atoms. The van der Waals surface area contributed by atoms with E-state index in [9.17, 15) is 18.4 Å². The second kappa shape index (κ2) is 7.39. The standard InChI is InChI=1S/C15H9Cl2F2NO3/c16-9-2-1-3-10(17)14(9)15(22)23-7-13(21)20-8-4-5-11(18)12(19)6-8/h1-6H,7H2,(H,20,21). The molecule has 0 unspecified atom stereocenters. The van der Waals surface area contributed by atoms with Crippen LogP contribution in [0.15, 0.2) is 36.4 Å². The summed E-state index contributed by atoms with van der Waals surface area (Å²) in [7, 11) is 0. The lowest BCUT2D eigenvalue weighted by atomic mass is 10.2. The molecule has 8 heteroatoms. The van der Waals surface area contributed by atoms with Crippen molar-refractivity contribution in [1.29, 1.82) is 0 Å². The summed E-state index contributed by atoms with van der Waals surface area (Å²) in [5.41, 5.74) is -0.0304. The van der Waals surface area contributed by atoms with Gasteiger partial charge in [0, 0.05) is 11.8 Å². The summed E-state index contributed by atoms with van der Waals surface area (Å²) in [6.45, 7) is -0.640. The van der Waals surface area contributed by atoms with Gasteiger partial charge in [-0.2, -0.15) is 0 Å². The van der Waals surface area contributed by atoms with Gasteiger partial charge in [-0.1, -0.05) is 29.3 Å². The highest BCUT2D eigenvalue weighted by atomic mass is 35.5. The third-order valence-corrected chi connectivity index (χ3v) is 3.33. The Morgan fingerprint density at radius 2 is 1.70 bits per heavy atom. The van der Waals surface area contributed by atoms with Gasteiger partial charge in [-0.05, 0) is 24.3 Å². The first-order valence-electron chi connectivity index (χ1n) is 6.24. The number of anilines is 1. The van der Waals surface area contributed by atoms with E-state index >= 15 is 0 Å². The normalized spacial score (nSPS) is 10.3. The van der Waals surface area contributed by atoms with Gasteiger partial charge in [0.05, 0.1) is 15.6 Å². The summed E-state index contributed by atoms with van der Waals surface area (Å²) in [6.07, 6.45) is 0. The Labute approximate surface area is 140 Å². The van der Waals surface area contributed by atoms with Gasteiger partial charge in [-0.3, -0.25) is 4.79 Å². The number of ether oxygens (including phenoxy) is 1. The maximum atomic E-state index is 13.0. The molecule has 0 heterocycles. The Morgan fingerprint density at radius 1 is 1.04 bits per heavy atom. The predicted molar refractivity (Wildman–Crippen MR) is 81.7 cm³/mol. The van der Waals surface area contributed by atoms with Crippen LogP contribution >= 0.6 is 23.2 Å². The van der Waals surface area contributed by atoms with Crippen molar-refractivity contribution >= 4 is 40.8 Å². The average Bonchev–Trinajstić information content (AvgIpc) is 2.49. The van der Waals surface area contributed by atoms with Crippen LogP contribution in [0, 0.1) is 11.6 Å². The van der Waals surface area contributed by atoms with Gasteiger partial charge >= 0.3 is 5.97 Å². The monoisotopic (exact) mass is 359 g/mol. The molecule has 120 valence electrons. The van der Waals surface area contributed by atoms with E-state index < -0.39 is 30.1 Å². The van der Waals surface area contributed by atoms with Crippen molar-refractivity contribution in [1.82, 2.24) is 0 Å². The lowest BCUT2D eigenvalue weighted by molar-refractivity contribution is -0.119. The zero-order chi connectivity index (χ0) is 17.0. The summed E-state index contributed by atoms with van der Waals surface area (Å²) in [6, 6.07) is 7.29. The molecule has 0 radical (unpaired) electrons. The number of rotatable bonds is 4. The van der Waals surface area contributed by atoms with Gasteiger partial charge in [0.25, 0.3) is 5.91 Å². The topological polar surface area (TPSA) is 55.4 Å². The zero-order valence-electron chi connectivity index (χ0n) is 11.4. The molecule has 0 bridgehead atoms. The number of carbonyl (C=O) groups is 2. The molecule has 0 fully saturated rings. The van der Waals surface area contributed by atoms with Crippen LogP contribution in [-0.2, 0) is 9.53 Å². The zero-order valence-corrected chi connectivity index (χ0v) is 12.9. The second-order valence-corrected chi connectivity index (χ2v) is 5.16. The summed E-state index contributed by atoms with van der Waals surface area (Å²) in [5, 5.41) is 2.43. The highest BCUT2D eigenvalue weighted by Crippen LogP contribution is 2.24. The third kappa shape index (κ3) is 4.40. The highest BCUT2D eigenvalue weighted by molar-refractivity contribution is 6.39. The Hall–Kier alpha value is -2.18. The average molecular weight is 360 g/mol. The number of nitrogens with one attached hydrogen (secondary N) is 1. The highest BCUT2D eigenvalue weighted by Gasteiger charge is 2.17. The molecule has 23 heavy (non-hydrogen) atoms. The molecule has 0 aliphatic rings. The second-order valence-electron chi connectivity index (χ2n) is 4.35. The molecule has 0 aliphatic heterocycles. The number of hydrogen-bond donors (Lipinski definition) is 1. The smallest absolute Gasteiger partial charge is 0.341 e. The number of amides is 1. The molecule has 0 atom stereocenters. The summed E-state index contributed by atoms with van der Waals surface area (Å²) in [4.78, 5) is 23.5. The lowest BCUT2D eigenvalue weighted by Gasteiger charge is -2.08. The molecule has 0 aliphatic carbocycles. The van der Waals surface area contributed by atoms with E-state index in [1.54, 1.807) is 6.07 Å². The minimum absolute atomic E-state index is 0.0284. The van der Waals surface area contributed by atoms with Crippen molar-refractivity contribution in [3.05, 3.63) is 63.6 Å². The van der Waals surface area contributed by atoms with Crippen molar-refractivity contribution in [3.63, 3.8) is 0 Å². The Morgan fingerprint density at radius 3 is 2.30 bits per heavy atom. The van der Waals surface area contributed by atoms with Crippen LogP contribution in [0.2, 0.25) is 10.0 Å². The molecule has 0 saturated carbocycles. The molecule has 1 N–H and O–H groups in total. The van der Waals surface area contributed by atoms with Crippen LogP contribution in [0.1, 0.15) is 10.4 Å². The third-order valence-electron chi connectivity index (χ3n) is 2.70. The number of halogens is 4. The van der Waals surface area contributed by atoms with Gasteiger partial charge in [0.2, 0.25) is 0 Å². The molecule has 2 rings (SSSR count). The molecule has 4 nitrogen and oxygen atoms in total. The van der Waals surface area contributed by atoms with Crippen molar-refractivity contribution in [2.75, 3.05) is 11.9 Å². The number of hydrogen-bond acceptors (Lipinski definition) is 3. The van der Waals surface area contributed by atoms with Crippen molar-refractivity contribution in [3.8, 4) is 0 Å². The van der Waals surface area contributed by atoms with E-state index in [-0.39, 0.29) is 21.3 Å². The van der Waals surface area contributed by atoms with Crippen molar-refractivity contribution in [2.45, 2.75) is 0 Å². The van der Waals surface area contributed by atoms with E-state index in [0.29, 0.717) is 0 Å². The van der Waals surface area contributed by atoms with E-state index in [0.717, 1.165) is 12.1 Å². The van der Waals surface area contributed by atoms with Gasteiger partial charge in [-0.25, -0.2) is 13.6 Å². The molecular weight excluding hydrogens is 351 g/mol. The van der Waals surface area contributed by atoms with Gasteiger partial charge in [0.15, 0.2) is 18.2 Å². The fourth-order valence-electron chi connectivity index (χ4n) is 1.67. The fourth-order valence-corrected chi connectivity index (χ4v) is 2.22. The maximum absolute atomic E-state index is 13.0. The fraction of sp³-hybridized carbons (Fsp3) is 0.0667. The van der Waals surface area contributed by atoms with Crippen LogP contribution in [-0.4, -0.2) is 18.5 Å². The first-order valence-corrected chi connectivity index (χ1v) is 7.00. The van der Waals surface area contributed by atoms with Crippen LogP contribution < -0.4 is 5.32 Å². The van der Waals surface area contributed by atoms with E-state index in [1.165, 1.54) is 18.2 Å². The van der Waals surface area contributed by atoms with E-state index in [1.807, 2.05) is 0 Å². The molecule has 2 aromatic rings. The SMILES string of the molecule is O=C(COC(=O)c1c(Cl)cccc1Cl)Nc1ccc(F)c(F)c1. The Bertz CT molecular complexity index is 748. The first-order chi connectivity index (χ1) is 10.9. The lowest BCUT2D eigenvalue weighted by Crippen LogP contribution is -2.21.